The lowest BCUT2D eigenvalue weighted by molar-refractivity contribution is 0.0463. The summed E-state index contributed by atoms with van der Waals surface area (Å²) in [6, 6.07) is 14.4. The van der Waals surface area contributed by atoms with Gasteiger partial charge >= 0.3 is 0 Å². The largest absolute Gasteiger partial charge is 0.506 e. The predicted octanol–water partition coefficient (Wildman–Crippen LogP) is 3.31. The first-order valence-electron chi connectivity index (χ1n) is 9.82. The van der Waals surface area contributed by atoms with Crippen molar-refractivity contribution in [2.24, 2.45) is 0 Å². The number of benzene rings is 2. The standard InChI is InChI=1S/C22H23ClN4O3/c1-14-20(22(30)25-26-11-9-17(28)10-12-26)24-27(18-8-7-16(23)13-19(18)29)21(14)15-5-3-2-4-6-15/h2-8,13,17,28-29H,9-12H2,1H3,(H,25,30). The summed E-state index contributed by atoms with van der Waals surface area (Å²) in [7, 11) is 0. The van der Waals surface area contributed by atoms with Gasteiger partial charge in [-0.1, -0.05) is 41.9 Å². The van der Waals surface area contributed by atoms with E-state index in [9.17, 15) is 15.0 Å². The third kappa shape index (κ3) is 4.05. The lowest BCUT2D eigenvalue weighted by Crippen LogP contribution is -2.47. The van der Waals surface area contributed by atoms with Gasteiger partial charge in [-0.25, -0.2) is 9.69 Å². The summed E-state index contributed by atoms with van der Waals surface area (Å²) in [4.78, 5) is 13.0. The Morgan fingerprint density at radius 3 is 2.53 bits per heavy atom. The van der Waals surface area contributed by atoms with Gasteiger partial charge in [0.15, 0.2) is 5.69 Å². The van der Waals surface area contributed by atoms with Crippen LogP contribution < -0.4 is 5.43 Å². The number of phenolic OH excluding ortho intramolecular Hbond substituents is 1. The summed E-state index contributed by atoms with van der Waals surface area (Å²) >= 11 is 5.99. The number of nitrogens with zero attached hydrogens (tertiary/aromatic N) is 3. The molecule has 0 radical (unpaired) electrons. The van der Waals surface area contributed by atoms with Crippen LogP contribution in [0.15, 0.2) is 48.5 Å². The van der Waals surface area contributed by atoms with Crippen molar-refractivity contribution >= 4 is 17.5 Å². The molecule has 1 aliphatic heterocycles. The number of rotatable bonds is 4. The summed E-state index contributed by atoms with van der Waals surface area (Å²) in [6.45, 7) is 3.00. The molecule has 1 fully saturated rings. The minimum Gasteiger partial charge on any atom is -0.506 e. The molecule has 2 heterocycles. The number of hydrogen-bond acceptors (Lipinski definition) is 5. The summed E-state index contributed by atoms with van der Waals surface area (Å²) in [5, 5.41) is 26.9. The molecular weight excluding hydrogens is 404 g/mol. The molecule has 0 unspecified atom stereocenters. The number of phenols is 1. The summed E-state index contributed by atoms with van der Waals surface area (Å²) in [5.74, 6) is -0.354. The van der Waals surface area contributed by atoms with Gasteiger partial charge < -0.3 is 10.2 Å². The number of amides is 1. The first-order valence-corrected chi connectivity index (χ1v) is 10.2. The van der Waals surface area contributed by atoms with E-state index in [0.29, 0.717) is 47.9 Å². The Morgan fingerprint density at radius 2 is 1.87 bits per heavy atom. The molecule has 7 nitrogen and oxygen atoms in total. The van der Waals surface area contributed by atoms with Crippen LogP contribution in [-0.4, -0.2) is 50.1 Å². The highest BCUT2D eigenvalue weighted by molar-refractivity contribution is 6.30. The number of carbonyl (C=O) groups excluding carboxylic acids is 1. The van der Waals surface area contributed by atoms with Crippen molar-refractivity contribution < 1.29 is 15.0 Å². The molecule has 2 aromatic carbocycles. The minimum absolute atomic E-state index is 0.0286. The van der Waals surface area contributed by atoms with Gasteiger partial charge in [0.2, 0.25) is 0 Å². The molecule has 0 aliphatic carbocycles. The van der Waals surface area contributed by atoms with Crippen LogP contribution >= 0.6 is 11.6 Å². The molecule has 1 saturated heterocycles. The number of halogens is 1. The van der Waals surface area contributed by atoms with E-state index in [2.05, 4.69) is 10.5 Å². The fraction of sp³-hybridized carbons (Fsp3) is 0.273. The molecule has 0 bridgehead atoms. The number of hydrogen-bond donors (Lipinski definition) is 3. The van der Waals surface area contributed by atoms with E-state index in [4.69, 9.17) is 11.6 Å². The molecule has 0 spiro atoms. The molecule has 1 aliphatic rings. The number of aromatic hydroxyl groups is 1. The van der Waals surface area contributed by atoms with E-state index < -0.39 is 0 Å². The van der Waals surface area contributed by atoms with E-state index in [0.717, 1.165) is 5.56 Å². The maximum absolute atomic E-state index is 13.0. The SMILES string of the molecule is Cc1c(C(=O)NN2CCC(O)CC2)nn(-c2ccc(Cl)cc2O)c1-c1ccccc1. The van der Waals surface area contributed by atoms with Crippen molar-refractivity contribution in [1.29, 1.82) is 0 Å². The molecular formula is C22H23ClN4O3. The average molecular weight is 427 g/mol. The zero-order valence-electron chi connectivity index (χ0n) is 16.5. The van der Waals surface area contributed by atoms with Gasteiger partial charge in [-0.15, -0.1) is 0 Å². The maximum Gasteiger partial charge on any atom is 0.286 e. The Hall–Kier alpha value is -2.87. The van der Waals surface area contributed by atoms with Gasteiger partial charge in [0.25, 0.3) is 5.91 Å². The zero-order valence-corrected chi connectivity index (χ0v) is 17.3. The van der Waals surface area contributed by atoms with Crippen LogP contribution in [0, 0.1) is 6.92 Å². The fourth-order valence-electron chi connectivity index (χ4n) is 3.67. The van der Waals surface area contributed by atoms with E-state index in [1.807, 2.05) is 37.3 Å². The lowest BCUT2D eigenvalue weighted by atomic mass is 10.1. The molecule has 0 saturated carbocycles. The molecule has 156 valence electrons. The monoisotopic (exact) mass is 426 g/mol. The van der Waals surface area contributed by atoms with Crippen molar-refractivity contribution in [3.8, 4) is 22.7 Å². The predicted molar refractivity (Wildman–Crippen MR) is 115 cm³/mol. The number of carbonyl (C=O) groups is 1. The zero-order chi connectivity index (χ0) is 21.3. The van der Waals surface area contributed by atoms with E-state index >= 15 is 0 Å². The minimum atomic E-state index is -0.326. The number of aromatic nitrogens is 2. The second-order valence-electron chi connectivity index (χ2n) is 7.39. The third-order valence-corrected chi connectivity index (χ3v) is 5.51. The molecule has 4 rings (SSSR count). The molecule has 8 heteroatoms. The molecule has 1 aromatic heterocycles. The highest BCUT2D eigenvalue weighted by Crippen LogP contribution is 2.33. The Labute approximate surface area is 179 Å². The lowest BCUT2D eigenvalue weighted by Gasteiger charge is -2.29. The van der Waals surface area contributed by atoms with Crippen molar-refractivity contribution in [1.82, 2.24) is 20.2 Å². The molecule has 30 heavy (non-hydrogen) atoms. The Balaban J connectivity index is 1.75. The number of nitrogens with one attached hydrogen (secondary N) is 1. The molecule has 0 atom stereocenters. The second kappa shape index (κ2) is 8.47. The molecule has 1 amide bonds. The highest BCUT2D eigenvalue weighted by atomic mass is 35.5. The maximum atomic E-state index is 13.0. The Morgan fingerprint density at radius 1 is 1.17 bits per heavy atom. The van der Waals surface area contributed by atoms with Crippen molar-refractivity contribution in [2.75, 3.05) is 13.1 Å². The third-order valence-electron chi connectivity index (χ3n) is 5.27. The highest BCUT2D eigenvalue weighted by Gasteiger charge is 2.25. The van der Waals surface area contributed by atoms with E-state index in [1.165, 1.54) is 6.07 Å². The number of aliphatic hydroxyl groups excluding tert-OH is 1. The molecule has 3 N–H and O–H groups in total. The topological polar surface area (TPSA) is 90.6 Å². The van der Waals surface area contributed by atoms with Gasteiger partial charge in [0.05, 0.1) is 11.8 Å². The number of aliphatic hydroxyl groups is 1. The van der Waals surface area contributed by atoms with Crippen LogP contribution in [0.2, 0.25) is 5.02 Å². The average Bonchev–Trinajstić information content (AvgIpc) is 3.07. The van der Waals surface area contributed by atoms with Gasteiger partial charge in [0, 0.05) is 35.3 Å². The first-order chi connectivity index (χ1) is 14.4. The fourth-order valence-corrected chi connectivity index (χ4v) is 3.84. The Kier molecular flexibility index (Phi) is 5.76. The van der Waals surface area contributed by atoms with Crippen LogP contribution in [0.25, 0.3) is 16.9 Å². The summed E-state index contributed by atoms with van der Waals surface area (Å²) in [6.07, 6.45) is 0.903. The first kappa shape index (κ1) is 20.4. The van der Waals surface area contributed by atoms with Gasteiger partial charge in [-0.3, -0.25) is 10.2 Å². The summed E-state index contributed by atoms with van der Waals surface area (Å²) < 4.78 is 1.57. The van der Waals surface area contributed by atoms with Crippen LogP contribution in [0.4, 0.5) is 0 Å². The van der Waals surface area contributed by atoms with Gasteiger partial charge in [-0.05, 0) is 31.9 Å². The van der Waals surface area contributed by atoms with Crippen LogP contribution in [0.3, 0.4) is 0 Å². The van der Waals surface area contributed by atoms with Crippen molar-refractivity contribution in [3.63, 3.8) is 0 Å². The van der Waals surface area contributed by atoms with E-state index in [1.54, 1.807) is 21.8 Å². The summed E-state index contributed by atoms with van der Waals surface area (Å²) in [5.41, 5.74) is 5.88. The Bertz CT molecular complexity index is 1060. The van der Waals surface area contributed by atoms with Crippen LogP contribution in [-0.2, 0) is 0 Å². The smallest absolute Gasteiger partial charge is 0.286 e. The second-order valence-corrected chi connectivity index (χ2v) is 7.83. The van der Waals surface area contributed by atoms with Crippen LogP contribution in [0.1, 0.15) is 28.9 Å². The van der Waals surface area contributed by atoms with Gasteiger partial charge in [-0.2, -0.15) is 5.10 Å². The number of hydrazine groups is 1. The van der Waals surface area contributed by atoms with Crippen molar-refractivity contribution in [3.05, 3.63) is 64.8 Å². The van der Waals surface area contributed by atoms with E-state index in [-0.39, 0.29) is 23.5 Å². The molecule has 3 aromatic rings. The van der Waals surface area contributed by atoms with Crippen molar-refractivity contribution in [2.45, 2.75) is 25.9 Å². The van der Waals surface area contributed by atoms with Crippen LogP contribution in [0.5, 0.6) is 5.75 Å². The quantitative estimate of drug-likeness (QED) is 0.595. The van der Waals surface area contributed by atoms with Gasteiger partial charge in [0.1, 0.15) is 11.4 Å². The number of piperidine rings is 1. The normalized spacial score (nSPS) is 15.3.